The summed E-state index contributed by atoms with van der Waals surface area (Å²) in [4.78, 5) is 4.07. The highest BCUT2D eigenvalue weighted by atomic mass is 19.4. The molecule has 0 bridgehead atoms. The molecule has 30 heavy (non-hydrogen) atoms. The molecule has 5 rings (SSSR count). The average Bonchev–Trinajstić information content (AvgIpc) is 2.77. The summed E-state index contributed by atoms with van der Waals surface area (Å²) in [5, 5.41) is 3.24. The van der Waals surface area contributed by atoms with E-state index in [0.717, 1.165) is 39.3 Å². The van der Waals surface area contributed by atoms with Gasteiger partial charge < -0.3 is 0 Å². The molecule has 0 atom stereocenters. The molecule has 0 radical (unpaired) electrons. The van der Waals surface area contributed by atoms with Crippen molar-refractivity contribution in [3.05, 3.63) is 90.1 Å². The molecule has 0 aliphatic heterocycles. The summed E-state index contributed by atoms with van der Waals surface area (Å²) in [6.45, 7) is 2.03. The minimum Gasteiger partial charge on any atom is -0.243 e. The summed E-state index contributed by atoms with van der Waals surface area (Å²) in [5.41, 5.74) is 2.26. The van der Waals surface area contributed by atoms with Gasteiger partial charge in [-0.2, -0.15) is 13.2 Å². The molecular formula is C26H18F3N. The van der Waals surface area contributed by atoms with Gasteiger partial charge in [-0.1, -0.05) is 67.6 Å². The molecule has 0 saturated carbocycles. The van der Waals surface area contributed by atoms with Crippen molar-refractivity contribution in [3.63, 3.8) is 0 Å². The highest BCUT2D eigenvalue weighted by Gasteiger charge is 2.36. The number of benzene rings is 4. The molecule has 148 valence electrons. The number of hydrogen-bond acceptors (Lipinski definition) is 1. The first-order valence-corrected chi connectivity index (χ1v) is 9.88. The first-order valence-electron chi connectivity index (χ1n) is 9.88. The van der Waals surface area contributed by atoms with Crippen LogP contribution >= 0.6 is 0 Å². The minimum absolute atomic E-state index is 0.140. The Balaban J connectivity index is 2.05. The van der Waals surface area contributed by atoms with Crippen LogP contribution < -0.4 is 0 Å². The number of alkyl halides is 3. The maximum absolute atomic E-state index is 14.1. The van der Waals surface area contributed by atoms with Crippen LogP contribution in [0.5, 0.6) is 0 Å². The fraction of sp³-hybridized carbons (Fsp3) is 0.115. The van der Waals surface area contributed by atoms with E-state index < -0.39 is 11.9 Å². The molecule has 0 amide bonds. The van der Waals surface area contributed by atoms with E-state index in [-0.39, 0.29) is 5.39 Å². The Kier molecular flexibility index (Phi) is 4.24. The monoisotopic (exact) mass is 401 g/mol. The zero-order valence-corrected chi connectivity index (χ0v) is 16.3. The number of fused-ring (bicyclic) bond motifs is 5. The van der Waals surface area contributed by atoms with Crippen molar-refractivity contribution in [1.82, 2.24) is 4.98 Å². The number of halogens is 3. The third-order valence-electron chi connectivity index (χ3n) is 5.62. The van der Waals surface area contributed by atoms with Crippen LogP contribution in [0.4, 0.5) is 13.2 Å². The van der Waals surface area contributed by atoms with Gasteiger partial charge in [0.15, 0.2) is 5.69 Å². The quantitative estimate of drug-likeness (QED) is 0.275. The van der Waals surface area contributed by atoms with E-state index in [2.05, 4.69) is 4.98 Å². The van der Waals surface area contributed by atoms with E-state index in [1.54, 1.807) is 12.1 Å². The molecule has 1 heterocycles. The number of aromatic nitrogens is 1. The summed E-state index contributed by atoms with van der Waals surface area (Å²) in [6.07, 6.45) is -3.75. The Bertz CT molecular complexity index is 1400. The summed E-state index contributed by atoms with van der Waals surface area (Å²) in [6, 6.07) is 24.4. The van der Waals surface area contributed by atoms with Gasteiger partial charge >= 0.3 is 6.18 Å². The van der Waals surface area contributed by atoms with Crippen LogP contribution in [-0.4, -0.2) is 4.98 Å². The van der Waals surface area contributed by atoms with Crippen LogP contribution in [0.1, 0.15) is 18.2 Å². The third-order valence-corrected chi connectivity index (χ3v) is 5.62. The molecule has 0 aliphatic carbocycles. The topological polar surface area (TPSA) is 12.9 Å². The summed E-state index contributed by atoms with van der Waals surface area (Å²) >= 11 is 0. The lowest BCUT2D eigenvalue weighted by Crippen LogP contribution is -2.09. The molecule has 0 aliphatic rings. The van der Waals surface area contributed by atoms with E-state index in [1.807, 2.05) is 73.7 Å². The second-order valence-corrected chi connectivity index (χ2v) is 7.42. The van der Waals surface area contributed by atoms with Gasteiger partial charge in [-0.3, -0.25) is 0 Å². The standard InChI is InChI=1S/C26H18F3N/c1-2-16-12-13-23-21(14-16)24-19-11-7-6-10-18(19)20(17-8-4-3-5-9-17)15-22(24)25(30-23)26(27,28)29/h3-15H,2H2,1H3. The minimum atomic E-state index is -4.55. The van der Waals surface area contributed by atoms with E-state index in [0.29, 0.717) is 10.9 Å². The predicted molar refractivity (Wildman–Crippen MR) is 117 cm³/mol. The second kappa shape index (κ2) is 6.84. The van der Waals surface area contributed by atoms with E-state index >= 15 is 0 Å². The molecule has 4 heteroatoms. The van der Waals surface area contributed by atoms with Crippen molar-refractivity contribution < 1.29 is 13.2 Å². The SMILES string of the molecule is CCc1ccc2nc(C(F)(F)F)c3cc(-c4ccccc4)c4ccccc4c3c2c1. The van der Waals surface area contributed by atoms with Crippen LogP contribution in [0, 0.1) is 0 Å². The van der Waals surface area contributed by atoms with Crippen molar-refractivity contribution in [2.24, 2.45) is 0 Å². The van der Waals surface area contributed by atoms with Crippen molar-refractivity contribution in [2.75, 3.05) is 0 Å². The molecule has 0 N–H and O–H groups in total. The maximum atomic E-state index is 14.1. The summed E-state index contributed by atoms with van der Waals surface area (Å²) in [7, 11) is 0. The number of aryl methyl sites for hydroxylation is 1. The molecule has 4 aromatic carbocycles. The van der Waals surface area contributed by atoms with Gasteiger partial charge in [0.2, 0.25) is 0 Å². The largest absolute Gasteiger partial charge is 0.433 e. The fourth-order valence-corrected chi connectivity index (χ4v) is 4.21. The molecule has 5 aromatic rings. The zero-order valence-electron chi connectivity index (χ0n) is 16.3. The lowest BCUT2D eigenvalue weighted by molar-refractivity contribution is -0.139. The van der Waals surface area contributed by atoms with Gasteiger partial charge in [-0.05, 0) is 52.1 Å². The van der Waals surface area contributed by atoms with Gasteiger partial charge in [0.25, 0.3) is 0 Å². The molecule has 0 saturated heterocycles. The Hall–Kier alpha value is -3.40. The van der Waals surface area contributed by atoms with Crippen LogP contribution in [0.2, 0.25) is 0 Å². The van der Waals surface area contributed by atoms with Gasteiger partial charge in [0.1, 0.15) is 0 Å². The number of pyridine rings is 1. The van der Waals surface area contributed by atoms with E-state index in [1.165, 1.54) is 0 Å². The van der Waals surface area contributed by atoms with Crippen LogP contribution in [0.3, 0.4) is 0 Å². The zero-order chi connectivity index (χ0) is 20.9. The lowest BCUT2D eigenvalue weighted by atomic mass is 9.90. The summed E-state index contributed by atoms with van der Waals surface area (Å²) in [5.74, 6) is 0. The van der Waals surface area contributed by atoms with E-state index in [4.69, 9.17) is 0 Å². The molecule has 0 unspecified atom stereocenters. The van der Waals surface area contributed by atoms with Crippen molar-refractivity contribution in [1.29, 1.82) is 0 Å². The van der Waals surface area contributed by atoms with Gasteiger partial charge in [0.05, 0.1) is 5.52 Å². The van der Waals surface area contributed by atoms with Crippen molar-refractivity contribution >= 4 is 32.4 Å². The van der Waals surface area contributed by atoms with Crippen molar-refractivity contribution in [2.45, 2.75) is 19.5 Å². The molecule has 1 nitrogen and oxygen atoms in total. The normalized spacial score (nSPS) is 12.1. The number of rotatable bonds is 2. The smallest absolute Gasteiger partial charge is 0.243 e. The predicted octanol–water partition coefficient (Wildman–Crippen LogP) is 7.79. The molecule has 1 aromatic heterocycles. The molecular weight excluding hydrogens is 383 g/mol. The first kappa shape index (κ1) is 18.6. The van der Waals surface area contributed by atoms with E-state index in [9.17, 15) is 13.2 Å². The highest BCUT2D eigenvalue weighted by Crippen LogP contribution is 2.43. The van der Waals surface area contributed by atoms with Gasteiger partial charge in [0, 0.05) is 16.2 Å². The number of hydrogen-bond donors (Lipinski definition) is 0. The van der Waals surface area contributed by atoms with Crippen LogP contribution in [-0.2, 0) is 12.6 Å². The highest BCUT2D eigenvalue weighted by molar-refractivity contribution is 6.23. The van der Waals surface area contributed by atoms with Gasteiger partial charge in [-0.25, -0.2) is 4.98 Å². The third kappa shape index (κ3) is 2.91. The molecule has 0 fully saturated rings. The summed E-state index contributed by atoms with van der Waals surface area (Å²) < 4.78 is 42.2. The number of nitrogens with zero attached hydrogens (tertiary/aromatic N) is 1. The molecule has 0 spiro atoms. The first-order chi connectivity index (χ1) is 14.5. The average molecular weight is 401 g/mol. The fourth-order valence-electron chi connectivity index (χ4n) is 4.21. The lowest BCUT2D eigenvalue weighted by Gasteiger charge is -2.17. The Morgan fingerprint density at radius 1 is 0.733 bits per heavy atom. The Morgan fingerprint density at radius 2 is 1.43 bits per heavy atom. The van der Waals surface area contributed by atoms with Crippen LogP contribution in [0.15, 0.2) is 78.9 Å². The van der Waals surface area contributed by atoms with Crippen LogP contribution in [0.25, 0.3) is 43.6 Å². The Labute approximate surface area is 171 Å². The second-order valence-electron chi connectivity index (χ2n) is 7.42. The van der Waals surface area contributed by atoms with Gasteiger partial charge in [-0.15, -0.1) is 0 Å². The van der Waals surface area contributed by atoms with Crippen molar-refractivity contribution in [3.8, 4) is 11.1 Å². The Morgan fingerprint density at radius 3 is 2.13 bits per heavy atom. The maximum Gasteiger partial charge on any atom is 0.433 e.